The van der Waals surface area contributed by atoms with E-state index in [1.165, 1.54) is 54.8 Å². The maximum Gasteiger partial charge on any atom is 0.101 e. The third kappa shape index (κ3) is 2.05. The summed E-state index contributed by atoms with van der Waals surface area (Å²) in [7, 11) is 0. The molecule has 1 aromatic rings. The van der Waals surface area contributed by atoms with Crippen LogP contribution in [0.4, 0.5) is 5.69 Å². The lowest BCUT2D eigenvalue weighted by atomic mass is 10.0. The van der Waals surface area contributed by atoms with Gasteiger partial charge in [0.25, 0.3) is 0 Å². The summed E-state index contributed by atoms with van der Waals surface area (Å²) in [5, 5.41) is 3.60. The van der Waals surface area contributed by atoms with E-state index < -0.39 is 0 Å². The van der Waals surface area contributed by atoms with E-state index in [1.807, 2.05) is 0 Å². The Bertz CT molecular complexity index is 496. The number of benzene rings is 1. The van der Waals surface area contributed by atoms with E-state index in [9.17, 15) is 0 Å². The first-order valence-electron chi connectivity index (χ1n) is 7.34. The Labute approximate surface area is 109 Å². The molecule has 0 radical (unpaired) electrons. The van der Waals surface area contributed by atoms with Crippen molar-refractivity contribution < 1.29 is 0 Å². The van der Waals surface area contributed by atoms with Gasteiger partial charge in [0, 0.05) is 18.7 Å². The van der Waals surface area contributed by atoms with Crippen LogP contribution in [-0.4, -0.2) is 12.4 Å². The minimum Gasteiger partial charge on any atom is -0.344 e. The Morgan fingerprint density at radius 2 is 1.89 bits per heavy atom. The number of hydrogen-bond acceptors (Lipinski definition) is 2. The molecule has 4 rings (SSSR count). The van der Waals surface area contributed by atoms with Gasteiger partial charge < -0.3 is 5.32 Å². The Balaban J connectivity index is 1.65. The van der Waals surface area contributed by atoms with Crippen molar-refractivity contribution in [3.63, 3.8) is 0 Å². The molecule has 2 saturated carbocycles. The molecule has 1 N–H and O–H groups in total. The van der Waals surface area contributed by atoms with Crippen molar-refractivity contribution in [2.75, 3.05) is 11.9 Å². The quantitative estimate of drug-likeness (QED) is 0.847. The molecular weight excluding hydrogens is 220 g/mol. The van der Waals surface area contributed by atoms with Gasteiger partial charge in [-0.1, -0.05) is 12.1 Å². The molecule has 1 aromatic carbocycles. The van der Waals surface area contributed by atoms with E-state index >= 15 is 0 Å². The van der Waals surface area contributed by atoms with Gasteiger partial charge in [-0.3, -0.25) is 4.99 Å². The van der Waals surface area contributed by atoms with Gasteiger partial charge >= 0.3 is 0 Å². The summed E-state index contributed by atoms with van der Waals surface area (Å²) in [6.07, 6.45) is 7.82. The molecule has 0 amide bonds. The summed E-state index contributed by atoms with van der Waals surface area (Å²) in [4.78, 5) is 4.55. The standard InChI is InChI=1S/C16H20N2/c1-2-16(17-9-1)18-15-10-13(11-3-4-11)7-8-14(15)12-5-6-12/h7-8,10-12H,1-6,9H2,(H,17,18). The average molecular weight is 240 g/mol. The van der Waals surface area contributed by atoms with E-state index in [4.69, 9.17) is 0 Å². The SMILES string of the molecule is c1cc(C2CC2)c(NC2=NCCC2)cc1C1CC1. The predicted octanol–water partition coefficient (Wildman–Crippen LogP) is 4.05. The average Bonchev–Trinajstić information content (AvgIpc) is 3.29. The lowest BCUT2D eigenvalue weighted by Crippen LogP contribution is -2.10. The normalized spacial score (nSPS) is 23.0. The smallest absolute Gasteiger partial charge is 0.101 e. The van der Waals surface area contributed by atoms with Crippen molar-refractivity contribution in [2.45, 2.75) is 50.4 Å². The maximum absolute atomic E-state index is 4.55. The van der Waals surface area contributed by atoms with Crippen molar-refractivity contribution in [3.05, 3.63) is 29.3 Å². The van der Waals surface area contributed by atoms with Crippen LogP contribution in [0.15, 0.2) is 23.2 Å². The monoisotopic (exact) mass is 240 g/mol. The van der Waals surface area contributed by atoms with Crippen LogP contribution in [0, 0.1) is 0 Å². The summed E-state index contributed by atoms with van der Waals surface area (Å²) in [5.74, 6) is 2.84. The molecule has 2 heteroatoms. The Morgan fingerprint density at radius 3 is 2.56 bits per heavy atom. The zero-order valence-corrected chi connectivity index (χ0v) is 10.8. The van der Waals surface area contributed by atoms with Gasteiger partial charge in [-0.25, -0.2) is 0 Å². The number of hydrogen-bond donors (Lipinski definition) is 1. The topological polar surface area (TPSA) is 24.4 Å². The molecule has 0 unspecified atom stereocenters. The summed E-state index contributed by atoms with van der Waals surface area (Å²) >= 11 is 0. The van der Waals surface area contributed by atoms with Crippen LogP contribution in [0.2, 0.25) is 0 Å². The Morgan fingerprint density at radius 1 is 1.06 bits per heavy atom. The first-order valence-corrected chi connectivity index (χ1v) is 7.34. The van der Waals surface area contributed by atoms with Gasteiger partial charge in [-0.05, 0) is 61.1 Å². The van der Waals surface area contributed by atoms with Crippen LogP contribution in [0.3, 0.4) is 0 Å². The molecule has 1 heterocycles. The molecule has 0 spiro atoms. The molecule has 2 fully saturated rings. The van der Waals surface area contributed by atoms with Gasteiger partial charge in [0.2, 0.25) is 0 Å². The first-order chi connectivity index (χ1) is 8.90. The molecular formula is C16H20N2. The summed E-state index contributed by atoms with van der Waals surface area (Å²) in [6.45, 7) is 1.00. The lowest BCUT2D eigenvalue weighted by molar-refractivity contribution is 0.951. The first kappa shape index (κ1) is 10.6. The number of amidine groups is 1. The molecule has 18 heavy (non-hydrogen) atoms. The fourth-order valence-electron chi connectivity index (χ4n) is 2.90. The van der Waals surface area contributed by atoms with Gasteiger partial charge in [0.05, 0.1) is 0 Å². The number of nitrogens with zero attached hydrogens (tertiary/aromatic N) is 1. The molecule has 0 atom stereocenters. The fourth-order valence-corrected chi connectivity index (χ4v) is 2.90. The van der Waals surface area contributed by atoms with Crippen molar-refractivity contribution in [1.82, 2.24) is 0 Å². The molecule has 2 nitrogen and oxygen atoms in total. The minimum atomic E-state index is 0.808. The zero-order chi connectivity index (χ0) is 11.9. The Hall–Kier alpha value is -1.31. The van der Waals surface area contributed by atoms with E-state index in [2.05, 4.69) is 28.5 Å². The molecule has 94 valence electrons. The highest BCUT2D eigenvalue weighted by atomic mass is 15.0. The van der Waals surface area contributed by atoms with Crippen LogP contribution >= 0.6 is 0 Å². The highest BCUT2D eigenvalue weighted by molar-refractivity contribution is 5.97. The Kier molecular flexibility index (Phi) is 2.42. The van der Waals surface area contributed by atoms with Crippen molar-refractivity contribution in [3.8, 4) is 0 Å². The van der Waals surface area contributed by atoms with E-state index in [0.717, 1.165) is 24.8 Å². The summed E-state index contributed by atoms with van der Waals surface area (Å²) in [5.41, 5.74) is 4.40. The largest absolute Gasteiger partial charge is 0.344 e. The number of aliphatic imine (C=N–C) groups is 1. The van der Waals surface area contributed by atoms with Crippen molar-refractivity contribution in [1.29, 1.82) is 0 Å². The second-order valence-corrected chi connectivity index (χ2v) is 5.95. The molecule has 0 bridgehead atoms. The van der Waals surface area contributed by atoms with Gasteiger partial charge in [0.1, 0.15) is 5.84 Å². The van der Waals surface area contributed by atoms with Crippen LogP contribution in [-0.2, 0) is 0 Å². The van der Waals surface area contributed by atoms with Gasteiger partial charge in [-0.2, -0.15) is 0 Å². The second-order valence-electron chi connectivity index (χ2n) is 5.95. The predicted molar refractivity (Wildman–Crippen MR) is 75.6 cm³/mol. The number of anilines is 1. The lowest BCUT2D eigenvalue weighted by Gasteiger charge is -2.13. The summed E-state index contributed by atoms with van der Waals surface area (Å²) < 4.78 is 0. The molecule has 1 aliphatic heterocycles. The minimum absolute atomic E-state index is 0.808. The van der Waals surface area contributed by atoms with Crippen LogP contribution in [0.25, 0.3) is 0 Å². The highest BCUT2D eigenvalue weighted by Crippen LogP contribution is 2.46. The molecule has 0 saturated heterocycles. The van der Waals surface area contributed by atoms with Gasteiger partial charge in [0.15, 0.2) is 0 Å². The van der Waals surface area contributed by atoms with Crippen molar-refractivity contribution in [2.24, 2.45) is 4.99 Å². The molecule has 0 aromatic heterocycles. The maximum atomic E-state index is 4.55. The highest BCUT2D eigenvalue weighted by Gasteiger charge is 2.29. The van der Waals surface area contributed by atoms with Crippen LogP contribution in [0.1, 0.15) is 61.5 Å². The van der Waals surface area contributed by atoms with E-state index in [1.54, 1.807) is 0 Å². The third-order valence-corrected chi connectivity index (χ3v) is 4.30. The summed E-state index contributed by atoms with van der Waals surface area (Å²) in [6, 6.07) is 7.11. The van der Waals surface area contributed by atoms with Crippen LogP contribution < -0.4 is 5.32 Å². The second kappa shape index (κ2) is 4.11. The van der Waals surface area contributed by atoms with Gasteiger partial charge in [-0.15, -0.1) is 0 Å². The van der Waals surface area contributed by atoms with Crippen molar-refractivity contribution >= 4 is 11.5 Å². The number of rotatable bonds is 3. The molecule has 2 aliphatic carbocycles. The number of nitrogens with one attached hydrogen (secondary N) is 1. The third-order valence-electron chi connectivity index (χ3n) is 4.30. The fraction of sp³-hybridized carbons (Fsp3) is 0.562. The van der Waals surface area contributed by atoms with E-state index in [0.29, 0.717) is 0 Å². The van der Waals surface area contributed by atoms with Crippen LogP contribution in [0.5, 0.6) is 0 Å². The zero-order valence-electron chi connectivity index (χ0n) is 10.8. The van der Waals surface area contributed by atoms with E-state index in [-0.39, 0.29) is 0 Å². The molecule has 3 aliphatic rings.